The van der Waals surface area contributed by atoms with Gasteiger partial charge in [0.2, 0.25) is 0 Å². The maximum absolute atomic E-state index is 5.36. The predicted molar refractivity (Wildman–Crippen MR) is 59.4 cm³/mol. The second-order valence-electron chi connectivity index (χ2n) is 3.09. The normalized spacial score (nSPS) is 10.1. The Hall–Kier alpha value is -0.640. The summed E-state index contributed by atoms with van der Waals surface area (Å²) in [6.45, 7) is 2.90. The number of hydrogen-bond acceptors (Lipinski definition) is 3. The van der Waals surface area contributed by atoms with Crippen molar-refractivity contribution < 1.29 is 4.74 Å². The summed E-state index contributed by atoms with van der Waals surface area (Å²) < 4.78 is 6.24. The number of nitrogens with zero attached hydrogens (tertiary/aromatic N) is 2. The fraction of sp³-hybridized carbons (Fsp3) is 0.600. The maximum Gasteiger partial charge on any atom is 0.316 e. The highest BCUT2D eigenvalue weighted by molar-refractivity contribution is 9.10. The monoisotopic (exact) mass is 258 g/mol. The average Bonchev–Trinajstić information content (AvgIpc) is 2.21. The van der Waals surface area contributed by atoms with Crippen molar-refractivity contribution in [2.75, 3.05) is 6.61 Å². The number of ether oxygens (including phenoxy) is 1. The van der Waals surface area contributed by atoms with Crippen LogP contribution in [-0.2, 0) is 0 Å². The number of unbranched alkanes of at least 4 members (excludes halogenated alkanes) is 3. The first-order valence-corrected chi connectivity index (χ1v) is 5.72. The third-order valence-electron chi connectivity index (χ3n) is 1.83. The topological polar surface area (TPSA) is 35.0 Å². The molecule has 78 valence electrons. The van der Waals surface area contributed by atoms with Gasteiger partial charge >= 0.3 is 6.01 Å². The van der Waals surface area contributed by atoms with Crippen LogP contribution >= 0.6 is 15.9 Å². The highest BCUT2D eigenvalue weighted by atomic mass is 79.9. The predicted octanol–water partition coefficient (Wildman–Crippen LogP) is 3.20. The maximum atomic E-state index is 5.36. The van der Waals surface area contributed by atoms with E-state index in [9.17, 15) is 0 Å². The van der Waals surface area contributed by atoms with Crippen LogP contribution in [0.1, 0.15) is 32.6 Å². The molecule has 1 aromatic heterocycles. The van der Waals surface area contributed by atoms with Gasteiger partial charge in [-0.2, -0.15) is 0 Å². The second kappa shape index (κ2) is 6.76. The fourth-order valence-electron chi connectivity index (χ4n) is 1.07. The van der Waals surface area contributed by atoms with Gasteiger partial charge in [0.05, 0.1) is 11.1 Å². The summed E-state index contributed by atoms with van der Waals surface area (Å²) in [5.41, 5.74) is 0. The van der Waals surface area contributed by atoms with E-state index in [1.54, 1.807) is 12.4 Å². The molecule has 1 heterocycles. The van der Waals surface area contributed by atoms with Gasteiger partial charge in [-0.15, -0.1) is 0 Å². The van der Waals surface area contributed by atoms with Crippen molar-refractivity contribution in [1.82, 2.24) is 9.97 Å². The lowest BCUT2D eigenvalue weighted by Gasteiger charge is -2.02. The largest absolute Gasteiger partial charge is 0.463 e. The van der Waals surface area contributed by atoms with Gasteiger partial charge in [0.25, 0.3) is 0 Å². The van der Waals surface area contributed by atoms with Crippen LogP contribution in [0.25, 0.3) is 0 Å². The number of halogens is 1. The van der Waals surface area contributed by atoms with Gasteiger partial charge in [-0.1, -0.05) is 26.2 Å². The van der Waals surface area contributed by atoms with Crippen LogP contribution in [0.2, 0.25) is 0 Å². The Balaban J connectivity index is 2.15. The molecule has 0 amide bonds. The Kier molecular flexibility index (Phi) is 5.52. The highest BCUT2D eigenvalue weighted by Gasteiger charge is 1.96. The molecule has 0 unspecified atom stereocenters. The third kappa shape index (κ3) is 4.56. The third-order valence-corrected chi connectivity index (χ3v) is 2.24. The molecule has 0 fully saturated rings. The first-order chi connectivity index (χ1) is 6.83. The highest BCUT2D eigenvalue weighted by Crippen LogP contribution is 2.08. The summed E-state index contributed by atoms with van der Waals surface area (Å²) in [5.74, 6) is 0. The van der Waals surface area contributed by atoms with E-state index in [-0.39, 0.29) is 0 Å². The molecule has 0 aliphatic rings. The van der Waals surface area contributed by atoms with E-state index in [0.29, 0.717) is 12.6 Å². The van der Waals surface area contributed by atoms with Gasteiger partial charge in [-0.3, -0.25) is 0 Å². The van der Waals surface area contributed by atoms with Crippen molar-refractivity contribution in [2.45, 2.75) is 32.6 Å². The summed E-state index contributed by atoms with van der Waals surface area (Å²) in [6, 6.07) is 0.463. The van der Waals surface area contributed by atoms with Gasteiger partial charge in [0.15, 0.2) is 0 Å². The first kappa shape index (κ1) is 11.4. The molecule has 1 rings (SSSR count). The van der Waals surface area contributed by atoms with E-state index in [1.165, 1.54) is 19.3 Å². The van der Waals surface area contributed by atoms with Crippen molar-refractivity contribution >= 4 is 15.9 Å². The Morgan fingerprint density at radius 3 is 2.57 bits per heavy atom. The van der Waals surface area contributed by atoms with Crippen LogP contribution in [0, 0.1) is 0 Å². The van der Waals surface area contributed by atoms with Gasteiger partial charge in [-0.25, -0.2) is 9.97 Å². The van der Waals surface area contributed by atoms with Gasteiger partial charge in [-0.05, 0) is 22.4 Å². The first-order valence-electron chi connectivity index (χ1n) is 4.93. The Labute approximate surface area is 93.0 Å². The van der Waals surface area contributed by atoms with E-state index in [4.69, 9.17) is 4.74 Å². The summed E-state index contributed by atoms with van der Waals surface area (Å²) in [4.78, 5) is 8.03. The molecule has 4 heteroatoms. The molecule has 0 atom stereocenters. The SMILES string of the molecule is CCCCCCOc1ncc(Br)cn1. The quantitative estimate of drug-likeness (QED) is 0.736. The zero-order valence-electron chi connectivity index (χ0n) is 8.37. The van der Waals surface area contributed by atoms with E-state index in [0.717, 1.165) is 10.9 Å². The average molecular weight is 259 g/mol. The van der Waals surface area contributed by atoms with Gasteiger partial charge in [0.1, 0.15) is 0 Å². The van der Waals surface area contributed by atoms with Crippen LogP contribution in [-0.4, -0.2) is 16.6 Å². The second-order valence-corrected chi connectivity index (χ2v) is 4.01. The van der Waals surface area contributed by atoms with Crippen molar-refractivity contribution in [3.8, 4) is 6.01 Å². The lowest BCUT2D eigenvalue weighted by atomic mass is 10.2. The summed E-state index contributed by atoms with van der Waals surface area (Å²) in [7, 11) is 0. The van der Waals surface area contributed by atoms with Gasteiger partial charge in [0, 0.05) is 12.4 Å². The van der Waals surface area contributed by atoms with Crippen molar-refractivity contribution in [1.29, 1.82) is 0 Å². The smallest absolute Gasteiger partial charge is 0.316 e. The number of aromatic nitrogens is 2. The van der Waals surface area contributed by atoms with Crippen molar-refractivity contribution in [3.63, 3.8) is 0 Å². The fourth-order valence-corrected chi connectivity index (χ4v) is 1.27. The molecule has 0 radical (unpaired) electrons. The minimum absolute atomic E-state index is 0.463. The molecule has 14 heavy (non-hydrogen) atoms. The van der Waals surface area contributed by atoms with Crippen LogP contribution in [0.4, 0.5) is 0 Å². The molecule has 1 aromatic rings. The summed E-state index contributed by atoms with van der Waals surface area (Å²) >= 11 is 3.27. The minimum Gasteiger partial charge on any atom is -0.463 e. The van der Waals surface area contributed by atoms with E-state index >= 15 is 0 Å². The minimum atomic E-state index is 0.463. The molecular weight excluding hydrogens is 244 g/mol. The Morgan fingerprint density at radius 2 is 1.93 bits per heavy atom. The molecule has 0 aliphatic carbocycles. The van der Waals surface area contributed by atoms with Crippen molar-refractivity contribution in [2.24, 2.45) is 0 Å². The molecule has 0 aliphatic heterocycles. The number of hydrogen-bond donors (Lipinski definition) is 0. The molecular formula is C10H15BrN2O. The van der Waals surface area contributed by atoms with E-state index < -0.39 is 0 Å². The van der Waals surface area contributed by atoms with E-state index in [2.05, 4.69) is 32.8 Å². The lowest BCUT2D eigenvalue weighted by molar-refractivity contribution is 0.281. The molecule has 3 nitrogen and oxygen atoms in total. The Bertz CT molecular complexity index is 251. The summed E-state index contributed by atoms with van der Waals surface area (Å²) in [6.07, 6.45) is 8.18. The van der Waals surface area contributed by atoms with Crippen molar-refractivity contribution in [3.05, 3.63) is 16.9 Å². The lowest BCUT2D eigenvalue weighted by Crippen LogP contribution is -2.00. The molecule has 0 bridgehead atoms. The summed E-state index contributed by atoms with van der Waals surface area (Å²) in [5, 5.41) is 0. The molecule has 0 saturated heterocycles. The van der Waals surface area contributed by atoms with Crippen LogP contribution in [0.3, 0.4) is 0 Å². The standard InChI is InChI=1S/C10H15BrN2O/c1-2-3-4-5-6-14-10-12-7-9(11)8-13-10/h7-8H,2-6H2,1H3. The zero-order chi connectivity index (χ0) is 10.2. The molecule has 0 spiro atoms. The van der Waals surface area contributed by atoms with E-state index in [1.807, 2.05) is 0 Å². The van der Waals surface area contributed by atoms with Crippen LogP contribution in [0.15, 0.2) is 16.9 Å². The Morgan fingerprint density at radius 1 is 1.21 bits per heavy atom. The molecule has 0 aromatic carbocycles. The molecule has 0 saturated carbocycles. The van der Waals surface area contributed by atoms with Crippen LogP contribution < -0.4 is 4.74 Å². The number of rotatable bonds is 6. The molecule has 0 N–H and O–H groups in total. The zero-order valence-corrected chi connectivity index (χ0v) is 9.96. The van der Waals surface area contributed by atoms with Crippen LogP contribution in [0.5, 0.6) is 6.01 Å². The van der Waals surface area contributed by atoms with Gasteiger partial charge < -0.3 is 4.74 Å².